The third-order valence-electron chi connectivity index (χ3n) is 2.07. The Morgan fingerprint density at radius 2 is 2.19 bits per heavy atom. The summed E-state index contributed by atoms with van der Waals surface area (Å²) in [7, 11) is 0. The Bertz CT molecular complexity index is 366. The Kier molecular flexibility index (Phi) is 5.91. The molecule has 0 unspecified atom stereocenters. The molecule has 0 spiro atoms. The fourth-order valence-electron chi connectivity index (χ4n) is 1.33. The summed E-state index contributed by atoms with van der Waals surface area (Å²) in [5, 5.41) is 0.694. The van der Waals surface area contributed by atoms with Gasteiger partial charge in [0.1, 0.15) is 5.75 Å². The molecule has 0 atom stereocenters. The number of ether oxygens (including phenoxy) is 1. The van der Waals surface area contributed by atoms with Gasteiger partial charge in [-0.2, -0.15) is 0 Å². The van der Waals surface area contributed by atoms with Gasteiger partial charge in [-0.3, -0.25) is 4.79 Å². The number of Topliss-reactive ketones (excluding diaryl/α,β-unsaturated/α-hetero) is 1. The zero-order valence-electron chi connectivity index (χ0n) is 9.46. The van der Waals surface area contributed by atoms with E-state index in [1.165, 1.54) is 0 Å². The van der Waals surface area contributed by atoms with E-state index in [1.54, 1.807) is 11.8 Å². The van der Waals surface area contributed by atoms with Gasteiger partial charge in [-0.05, 0) is 31.4 Å². The third-order valence-corrected chi connectivity index (χ3v) is 3.17. The molecule has 1 aromatic carbocycles. The van der Waals surface area contributed by atoms with E-state index in [-0.39, 0.29) is 5.78 Å². The number of hydrogen-bond acceptors (Lipinski definition) is 3. The van der Waals surface area contributed by atoms with Crippen LogP contribution in [0.15, 0.2) is 23.1 Å². The summed E-state index contributed by atoms with van der Waals surface area (Å²) in [5.74, 6) is 0.918. The summed E-state index contributed by atoms with van der Waals surface area (Å²) in [6.07, 6.45) is 2.51. The van der Waals surface area contributed by atoms with Gasteiger partial charge >= 0.3 is 0 Å². The maximum atomic E-state index is 11.8. The average Bonchev–Trinajstić information content (AvgIpc) is 2.29. The maximum absolute atomic E-state index is 11.8. The van der Waals surface area contributed by atoms with Crippen molar-refractivity contribution in [1.82, 2.24) is 0 Å². The van der Waals surface area contributed by atoms with Gasteiger partial charge in [-0.25, -0.2) is 0 Å². The molecule has 0 aromatic heterocycles. The average molecular weight is 303 g/mol. The molecule has 0 aliphatic carbocycles. The summed E-state index contributed by atoms with van der Waals surface area (Å²) in [5.41, 5.74) is 0.731. The largest absolute Gasteiger partial charge is 0.494 e. The monoisotopic (exact) mass is 302 g/mol. The number of ketones is 1. The van der Waals surface area contributed by atoms with Crippen LogP contribution in [-0.2, 0) is 0 Å². The lowest BCUT2D eigenvalue weighted by molar-refractivity contribution is 0.0989. The molecule has 0 aliphatic heterocycles. The van der Waals surface area contributed by atoms with Crippen LogP contribution in [0.4, 0.5) is 0 Å². The highest BCUT2D eigenvalue weighted by molar-refractivity contribution is 9.09. The van der Waals surface area contributed by atoms with Crippen molar-refractivity contribution < 1.29 is 9.53 Å². The molecule has 1 rings (SSSR count). The quantitative estimate of drug-likeness (QED) is 0.454. The van der Waals surface area contributed by atoms with Crippen LogP contribution in [0.3, 0.4) is 0 Å². The molecule has 0 fully saturated rings. The Hall–Kier alpha value is -0.480. The molecule has 16 heavy (non-hydrogen) atoms. The second-order valence-corrected chi connectivity index (χ2v) is 4.87. The fourth-order valence-corrected chi connectivity index (χ4v) is 2.17. The molecule has 0 saturated carbocycles. The predicted octanol–water partition coefficient (Wildman–Crippen LogP) is 3.77. The van der Waals surface area contributed by atoms with Crippen molar-refractivity contribution in [3.63, 3.8) is 0 Å². The molecule has 2 nitrogen and oxygen atoms in total. The lowest BCUT2D eigenvalue weighted by Gasteiger charge is -2.08. The van der Waals surface area contributed by atoms with Gasteiger partial charge in [-0.1, -0.05) is 15.9 Å². The van der Waals surface area contributed by atoms with Gasteiger partial charge in [0.2, 0.25) is 0 Å². The number of hydrogen-bond donors (Lipinski definition) is 0. The van der Waals surface area contributed by atoms with Gasteiger partial charge in [0.05, 0.1) is 6.61 Å². The zero-order chi connectivity index (χ0) is 12.0. The summed E-state index contributed by atoms with van der Waals surface area (Å²) >= 11 is 4.89. The normalized spacial score (nSPS) is 10.2. The first-order valence-corrected chi connectivity index (χ1v) is 7.47. The van der Waals surface area contributed by atoms with E-state index in [2.05, 4.69) is 15.9 Å². The molecule has 88 valence electrons. The molecular weight excluding hydrogens is 288 g/mol. The number of carbonyl (C=O) groups is 1. The van der Waals surface area contributed by atoms with Crippen LogP contribution in [0.25, 0.3) is 0 Å². The number of benzene rings is 1. The van der Waals surface area contributed by atoms with E-state index in [0.717, 1.165) is 16.2 Å². The van der Waals surface area contributed by atoms with Crippen LogP contribution in [0, 0.1) is 0 Å². The van der Waals surface area contributed by atoms with Crippen molar-refractivity contribution in [3.05, 3.63) is 23.8 Å². The Morgan fingerprint density at radius 1 is 1.44 bits per heavy atom. The molecule has 0 saturated heterocycles. The summed E-state index contributed by atoms with van der Waals surface area (Å²) in [6, 6.07) is 5.69. The molecule has 1 aromatic rings. The van der Waals surface area contributed by atoms with Gasteiger partial charge in [0.15, 0.2) is 5.78 Å². The fraction of sp³-hybridized carbons (Fsp3) is 0.417. The summed E-state index contributed by atoms with van der Waals surface area (Å²) < 4.78 is 5.44. The first-order valence-electron chi connectivity index (χ1n) is 5.12. The summed E-state index contributed by atoms with van der Waals surface area (Å²) in [6.45, 7) is 2.55. The maximum Gasteiger partial charge on any atom is 0.163 e. The minimum atomic E-state index is 0.147. The van der Waals surface area contributed by atoms with Crippen LogP contribution in [0.2, 0.25) is 0 Å². The van der Waals surface area contributed by atoms with E-state index in [0.29, 0.717) is 18.4 Å². The SMILES string of the molecule is CCOc1cc(SC)cc(C(=O)CCBr)c1. The number of thioether (sulfide) groups is 1. The topological polar surface area (TPSA) is 26.3 Å². The predicted molar refractivity (Wildman–Crippen MR) is 72.1 cm³/mol. The first kappa shape index (κ1) is 13.6. The van der Waals surface area contributed by atoms with Gasteiger partial charge < -0.3 is 4.74 Å². The van der Waals surface area contributed by atoms with Gasteiger partial charge in [-0.15, -0.1) is 11.8 Å². The zero-order valence-corrected chi connectivity index (χ0v) is 11.9. The standard InChI is InChI=1S/C12H15BrO2S/c1-3-15-10-6-9(12(14)4-5-13)7-11(8-10)16-2/h6-8H,3-5H2,1-2H3. The highest BCUT2D eigenvalue weighted by atomic mass is 79.9. The van der Waals surface area contributed by atoms with Crippen LogP contribution in [0.1, 0.15) is 23.7 Å². The van der Waals surface area contributed by atoms with Crippen LogP contribution in [0.5, 0.6) is 5.75 Å². The highest BCUT2D eigenvalue weighted by Crippen LogP contribution is 2.24. The third kappa shape index (κ3) is 3.83. The van der Waals surface area contributed by atoms with E-state index < -0.39 is 0 Å². The second-order valence-electron chi connectivity index (χ2n) is 3.19. The van der Waals surface area contributed by atoms with Crippen molar-refractivity contribution in [2.24, 2.45) is 0 Å². The smallest absolute Gasteiger partial charge is 0.163 e. The van der Waals surface area contributed by atoms with E-state index in [4.69, 9.17) is 4.74 Å². The molecular formula is C12H15BrO2S. The minimum Gasteiger partial charge on any atom is -0.494 e. The second kappa shape index (κ2) is 6.97. The van der Waals surface area contributed by atoms with Crippen molar-refractivity contribution in [3.8, 4) is 5.75 Å². The minimum absolute atomic E-state index is 0.147. The lowest BCUT2D eigenvalue weighted by Crippen LogP contribution is -2.01. The van der Waals surface area contributed by atoms with E-state index in [9.17, 15) is 4.79 Å². The van der Waals surface area contributed by atoms with Crippen LogP contribution >= 0.6 is 27.7 Å². The lowest BCUT2D eigenvalue weighted by atomic mass is 10.1. The molecule has 0 radical (unpaired) electrons. The van der Waals surface area contributed by atoms with Crippen molar-refractivity contribution in [1.29, 1.82) is 0 Å². The first-order chi connectivity index (χ1) is 7.71. The van der Waals surface area contributed by atoms with Crippen LogP contribution in [-0.4, -0.2) is 24.0 Å². The van der Waals surface area contributed by atoms with E-state index in [1.807, 2.05) is 31.4 Å². The molecule has 0 N–H and O–H groups in total. The van der Waals surface area contributed by atoms with Gasteiger partial charge in [0, 0.05) is 22.2 Å². The Morgan fingerprint density at radius 3 is 2.75 bits per heavy atom. The molecule has 0 amide bonds. The summed E-state index contributed by atoms with van der Waals surface area (Å²) in [4.78, 5) is 12.8. The van der Waals surface area contributed by atoms with Crippen molar-refractivity contribution in [2.75, 3.05) is 18.2 Å². The number of halogens is 1. The molecule has 0 bridgehead atoms. The Balaban J connectivity index is 2.98. The molecule has 4 heteroatoms. The molecule has 0 heterocycles. The number of carbonyl (C=O) groups excluding carboxylic acids is 1. The van der Waals surface area contributed by atoms with Crippen LogP contribution < -0.4 is 4.74 Å². The Labute approximate surface area is 109 Å². The number of rotatable bonds is 6. The molecule has 0 aliphatic rings. The van der Waals surface area contributed by atoms with E-state index >= 15 is 0 Å². The van der Waals surface area contributed by atoms with Gasteiger partial charge in [0.25, 0.3) is 0 Å². The number of alkyl halides is 1. The van der Waals surface area contributed by atoms with Crippen molar-refractivity contribution >= 4 is 33.5 Å². The van der Waals surface area contributed by atoms with Crippen molar-refractivity contribution in [2.45, 2.75) is 18.2 Å². The highest BCUT2D eigenvalue weighted by Gasteiger charge is 2.08.